The lowest BCUT2D eigenvalue weighted by Crippen LogP contribution is -2.14. The van der Waals surface area contributed by atoms with Crippen LogP contribution in [0.4, 0.5) is 11.4 Å². The maximum absolute atomic E-state index is 8.24. The minimum absolute atomic E-state index is 0.338. The van der Waals surface area contributed by atoms with Gasteiger partial charge in [-0.3, -0.25) is 4.98 Å². The molecule has 0 spiro atoms. The second-order valence-corrected chi connectivity index (χ2v) is 6.36. The van der Waals surface area contributed by atoms with Gasteiger partial charge in [0.05, 0.1) is 25.8 Å². The van der Waals surface area contributed by atoms with Crippen LogP contribution in [-0.2, 0) is 0 Å². The summed E-state index contributed by atoms with van der Waals surface area (Å²) in [6.07, 6.45) is 1.43. The molecule has 7 heteroatoms. The Morgan fingerprint density at radius 2 is 1.70 bits per heavy atom. The summed E-state index contributed by atoms with van der Waals surface area (Å²) in [5.41, 5.74) is 7.71. The molecule has 4 N–H and O–H groups in total. The van der Waals surface area contributed by atoms with Crippen LogP contribution < -0.4 is 20.5 Å². The fraction of sp³-hybridized carbons (Fsp3) is 0.250. The molecule has 27 heavy (non-hydrogen) atoms. The number of pyridine rings is 1. The van der Waals surface area contributed by atoms with Gasteiger partial charge in [0, 0.05) is 40.5 Å². The van der Waals surface area contributed by atoms with Crippen molar-refractivity contribution >= 4 is 34.9 Å². The highest BCUT2D eigenvalue weighted by molar-refractivity contribution is 7.80. The monoisotopic (exact) mass is 387 g/mol. The number of hydrogen-bond donors (Lipinski definition) is 4. The number of aliphatic hydroxyl groups is 1. The Labute approximate surface area is 164 Å². The van der Waals surface area contributed by atoms with E-state index in [1.165, 1.54) is 0 Å². The summed E-state index contributed by atoms with van der Waals surface area (Å²) in [5, 5.41) is 12.6. The fourth-order valence-corrected chi connectivity index (χ4v) is 2.43. The quantitative estimate of drug-likeness (QED) is 0.500. The maximum Gasteiger partial charge on any atom is 0.162 e. The Balaban J connectivity index is 0.000000465. The van der Waals surface area contributed by atoms with E-state index in [0.29, 0.717) is 18.0 Å². The number of hydrogen-bond acceptors (Lipinski definition) is 7. The zero-order chi connectivity index (χ0) is 19.8. The average Bonchev–Trinajstić information content (AvgIpc) is 2.69. The van der Waals surface area contributed by atoms with Gasteiger partial charge >= 0.3 is 0 Å². The summed E-state index contributed by atoms with van der Waals surface area (Å²) < 4.78 is 10.7. The molecule has 0 aliphatic heterocycles. The molecule has 1 aromatic heterocycles. The smallest absolute Gasteiger partial charge is 0.162 e. The zero-order valence-corrected chi connectivity index (χ0v) is 16.5. The Kier molecular flexibility index (Phi) is 7.72. The molecule has 6 nitrogen and oxygen atoms in total. The third kappa shape index (κ3) is 5.75. The summed E-state index contributed by atoms with van der Waals surface area (Å²) in [5.74, 6) is 1.34. The molecule has 0 aliphatic carbocycles. The van der Waals surface area contributed by atoms with Gasteiger partial charge in [-0.05, 0) is 43.3 Å². The molecule has 3 rings (SSSR count). The molecule has 0 saturated heterocycles. The largest absolute Gasteiger partial charge is 0.493 e. The van der Waals surface area contributed by atoms with Crippen molar-refractivity contribution < 1.29 is 14.6 Å². The number of methoxy groups -OCH3 is 2. The highest BCUT2D eigenvalue weighted by Crippen LogP contribution is 2.35. The van der Waals surface area contributed by atoms with Gasteiger partial charge in [0.25, 0.3) is 0 Å². The normalized spacial score (nSPS) is 11.3. The highest BCUT2D eigenvalue weighted by atomic mass is 32.1. The first-order chi connectivity index (χ1) is 13.0. The molecule has 0 aliphatic rings. The Morgan fingerprint density at radius 1 is 1.11 bits per heavy atom. The number of nitrogens with zero attached hydrogens (tertiary/aromatic N) is 1. The summed E-state index contributed by atoms with van der Waals surface area (Å²) in [6, 6.07) is 13.6. The van der Waals surface area contributed by atoms with Crippen LogP contribution >= 0.6 is 12.6 Å². The molecule has 0 radical (unpaired) electrons. The van der Waals surface area contributed by atoms with E-state index in [1.807, 2.05) is 42.5 Å². The van der Waals surface area contributed by atoms with Gasteiger partial charge in [-0.2, -0.15) is 0 Å². The Morgan fingerprint density at radius 3 is 2.26 bits per heavy atom. The van der Waals surface area contributed by atoms with Crippen molar-refractivity contribution in [2.75, 3.05) is 26.1 Å². The molecule has 3 aromatic rings. The van der Waals surface area contributed by atoms with Gasteiger partial charge in [0.1, 0.15) is 0 Å². The molecule has 0 bridgehead atoms. The lowest BCUT2D eigenvalue weighted by Gasteiger charge is -2.13. The van der Waals surface area contributed by atoms with Crippen LogP contribution in [0.5, 0.6) is 11.5 Å². The first-order valence-electron chi connectivity index (χ1n) is 8.43. The van der Waals surface area contributed by atoms with E-state index >= 15 is 0 Å². The van der Waals surface area contributed by atoms with E-state index in [2.05, 4.69) is 22.9 Å². The standard InChI is InChI=1S/C17H16N2O2S.C3H9NO/c1-20-16-9-13-14(19-11-3-5-12(22)6-4-11)7-8-18-15(13)10-17(16)21-2;1-3(5)2-4/h3-10,22H,1-2H3,(H,18,19);3,5H,2,4H2,1H3. The number of nitrogens with two attached hydrogens (primary N) is 1. The van der Waals surface area contributed by atoms with Crippen LogP contribution in [0.2, 0.25) is 0 Å². The summed E-state index contributed by atoms with van der Waals surface area (Å²) >= 11 is 4.30. The molecule has 0 amide bonds. The number of aliphatic hydroxyl groups excluding tert-OH is 1. The second-order valence-electron chi connectivity index (χ2n) is 5.84. The first-order valence-corrected chi connectivity index (χ1v) is 8.88. The van der Waals surface area contributed by atoms with Crippen molar-refractivity contribution in [2.24, 2.45) is 5.73 Å². The Hall–Kier alpha value is -2.48. The predicted octanol–water partition coefficient (Wildman–Crippen LogP) is 3.61. The van der Waals surface area contributed by atoms with Gasteiger partial charge in [0.2, 0.25) is 0 Å². The van der Waals surface area contributed by atoms with Crippen molar-refractivity contribution in [3.05, 3.63) is 48.7 Å². The van der Waals surface area contributed by atoms with Crippen molar-refractivity contribution in [3.8, 4) is 11.5 Å². The second kappa shape index (κ2) is 10.0. The topological polar surface area (TPSA) is 89.6 Å². The van der Waals surface area contributed by atoms with Crippen LogP contribution in [0.3, 0.4) is 0 Å². The van der Waals surface area contributed by atoms with E-state index in [9.17, 15) is 0 Å². The molecule has 0 saturated carbocycles. The summed E-state index contributed by atoms with van der Waals surface area (Å²) in [6.45, 7) is 2.01. The predicted molar refractivity (Wildman–Crippen MR) is 113 cm³/mol. The van der Waals surface area contributed by atoms with Crippen molar-refractivity contribution in [3.63, 3.8) is 0 Å². The fourth-order valence-electron chi connectivity index (χ4n) is 2.28. The Bertz CT molecular complexity index is 870. The van der Waals surface area contributed by atoms with Gasteiger partial charge in [-0.25, -0.2) is 0 Å². The lowest BCUT2D eigenvalue weighted by atomic mass is 10.1. The molecule has 144 valence electrons. The van der Waals surface area contributed by atoms with Crippen LogP contribution in [0.15, 0.2) is 53.6 Å². The van der Waals surface area contributed by atoms with E-state index < -0.39 is 0 Å². The molecule has 1 atom stereocenters. The molecule has 2 aromatic carbocycles. The van der Waals surface area contributed by atoms with E-state index in [4.69, 9.17) is 20.3 Å². The highest BCUT2D eigenvalue weighted by Gasteiger charge is 2.10. The number of benzene rings is 2. The van der Waals surface area contributed by atoms with Crippen molar-refractivity contribution in [1.29, 1.82) is 0 Å². The number of fused-ring (bicyclic) bond motifs is 1. The van der Waals surface area contributed by atoms with Gasteiger partial charge in [-0.15, -0.1) is 12.6 Å². The van der Waals surface area contributed by atoms with Crippen LogP contribution in [0, 0.1) is 0 Å². The van der Waals surface area contributed by atoms with Gasteiger partial charge < -0.3 is 25.6 Å². The van der Waals surface area contributed by atoms with Crippen molar-refractivity contribution in [1.82, 2.24) is 4.98 Å². The first kappa shape index (κ1) is 20.8. The third-order valence-corrected chi connectivity index (χ3v) is 4.03. The minimum Gasteiger partial charge on any atom is -0.493 e. The van der Waals surface area contributed by atoms with Gasteiger partial charge in [-0.1, -0.05) is 0 Å². The van der Waals surface area contributed by atoms with E-state index in [-0.39, 0.29) is 6.10 Å². The zero-order valence-electron chi connectivity index (χ0n) is 15.6. The number of ether oxygens (including phenoxy) is 2. The number of aromatic nitrogens is 1. The lowest BCUT2D eigenvalue weighted by molar-refractivity contribution is 0.203. The van der Waals surface area contributed by atoms with Crippen LogP contribution in [-0.4, -0.2) is 37.0 Å². The molecular weight excluding hydrogens is 362 g/mol. The van der Waals surface area contributed by atoms with Crippen LogP contribution in [0.1, 0.15) is 6.92 Å². The van der Waals surface area contributed by atoms with E-state index in [0.717, 1.165) is 27.2 Å². The van der Waals surface area contributed by atoms with E-state index in [1.54, 1.807) is 27.3 Å². The third-order valence-electron chi connectivity index (χ3n) is 3.73. The SMILES string of the molecule is CC(O)CN.COc1cc2nccc(Nc3ccc(S)cc3)c2cc1OC. The van der Waals surface area contributed by atoms with Crippen LogP contribution in [0.25, 0.3) is 10.9 Å². The molecule has 1 heterocycles. The molecule has 1 unspecified atom stereocenters. The summed E-state index contributed by atoms with van der Waals surface area (Å²) in [4.78, 5) is 5.32. The minimum atomic E-state index is -0.338. The molecule has 0 fully saturated rings. The van der Waals surface area contributed by atoms with Crippen molar-refractivity contribution in [2.45, 2.75) is 17.9 Å². The maximum atomic E-state index is 8.24. The average molecular weight is 388 g/mol. The summed E-state index contributed by atoms with van der Waals surface area (Å²) in [7, 11) is 3.24. The molecular formula is C20H25N3O3S. The van der Waals surface area contributed by atoms with Gasteiger partial charge in [0.15, 0.2) is 11.5 Å². The number of rotatable bonds is 5. The number of nitrogens with one attached hydrogen (secondary N) is 1. The number of anilines is 2. The number of thiol groups is 1.